The van der Waals surface area contributed by atoms with Crippen LogP contribution in [-0.2, 0) is 6.54 Å². The molecule has 2 aromatic rings. The Morgan fingerprint density at radius 2 is 2.35 bits per heavy atom. The summed E-state index contributed by atoms with van der Waals surface area (Å²) in [4.78, 5) is 4.34. The summed E-state index contributed by atoms with van der Waals surface area (Å²) in [7, 11) is 0. The monoisotopic (exact) mass is 248 g/mol. The van der Waals surface area contributed by atoms with Crippen molar-refractivity contribution >= 4 is 22.9 Å². The Bertz CT molecular complexity index is 538. The minimum atomic E-state index is 0.283. The maximum atomic E-state index is 5.51. The molecular formula is C11H12N4OS. The lowest BCUT2D eigenvalue weighted by Crippen LogP contribution is -2.12. The SMILES string of the molecule is Cc1cc(CNc2ccnc(C(N)=S)c2)no1. The summed E-state index contributed by atoms with van der Waals surface area (Å²) in [5.41, 5.74) is 7.84. The van der Waals surface area contributed by atoms with Crippen molar-refractivity contribution in [1.29, 1.82) is 0 Å². The summed E-state index contributed by atoms with van der Waals surface area (Å²) in [6.45, 7) is 2.44. The molecule has 5 nitrogen and oxygen atoms in total. The number of hydrogen-bond acceptors (Lipinski definition) is 5. The number of anilines is 1. The van der Waals surface area contributed by atoms with Gasteiger partial charge in [0, 0.05) is 18.0 Å². The Morgan fingerprint density at radius 1 is 1.53 bits per heavy atom. The molecule has 0 amide bonds. The molecule has 2 heterocycles. The topological polar surface area (TPSA) is 77.0 Å². The zero-order valence-corrected chi connectivity index (χ0v) is 10.1. The molecule has 0 radical (unpaired) electrons. The maximum absolute atomic E-state index is 5.51. The van der Waals surface area contributed by atoms with E-state index in [9.17, 15) is 0 Å². The highest BCUT2D eigenvalue weighted by Gasteiger charge is 2.02. The van der Waals surface area contributed by atoms with E-state index in [1.54, 1.807) is 12.3 Å². The van der Waals surface area contributed by atoms with Crippen molar-refractivity contribution in [3.8, 4) is 0 Å². The van der Waals surface area contributed by atoms with Gasteiger partial charge in [-0.15, -0.1) is 0 Å². The number of aromatic nitrogens is 2. The minimum Gasteiger partial charge on any atom is -0.388 e. The fraction of sp³-hybridized carbons (Fsp3) is 0.182. The first kappa shape index (κ1) is 11.5. The van der Waals surface area contributed by atoms with Crippen LogP contribution >= 0.6 is 12.2 Å². The third kappa shape index (κ3) is 3.01. The van der Waals surface area contributed by atoms with Gasteiger partial charge in [0.25, 0.3) is 0 Å². The van der Waals surface area contributed by atoms with Gasteiger partial charge in [0.05, 0.1) is 12.2 Å². The number of nitrogens with zero attached hydrogens (tertiary/aromatic N) is 2. The van der Waals surface area contributed by atoms with E-state index in [-0.39, 0.29) is 4.99 Å². The van der Waals surface area contributed by atoms with Gasteiger partial charge >= 0.3 is 0 Å². The molecular weight excluding hydrogens is 236 g/mol. The highest BCUT2D eigenvalue weighted by molar-refractivity contribution is 7.80. The molecule has 2 aromatic heterocycles. The van der Waals surface area contributed by atoms with Crippen LogP contribution in [-0.4, -0.2) is 15.1 Å². The van der Waals surface area contributed by atoms with Crippen LogP contribution in [0.5, 0.6) is 0 Å². The van der Waals surface area contributed by atoms with Crippen LogP contribution in [0.2, 0.25) is 0 Å². The molecule has 0 aliphatic heterocycles. The number of nitrogens with two attached hydrogens (primary N) is 1. The number of pyridine rings is 1. The van der Waals surface area contributed by atoms with E-state index in [4.69, 9.17) is 22.5 Å². The maximum Gasteiger partial charge on any atom is 0.133 e. The van der Waals surface area contributed by atoms with E-state index in [0.717, 1.165) is 17.1 Å². The predicted molar refractivity (Wildman–Crippen MR) is 68.7 cm³/mol. The van der Waals surface area contributed by atoms with E-state index in [1.165, 1.54) is 0 Å². The molecule has 2 rings (SSSR count). The molecule has 0 spiro atoms. The molecule has 0 fully saturated rings. The zero-order valence-electron chi connectivity index (χ0n) is 9.30. The van der Waals surface area contributed by atoms with Gasteiger partial charge in [-0.2, -0.15) is 0 Å². The quantitative estimate of drug-likeness (QED) is 0.801. The standard InChI is InChI=1S/C11H12N4OS/c1-7-4-9(15-16-7)6-14-8-2-3-13-10(5-8)11(12)17/h2-5H,6H2,1H3,(H2,12,17)(H,13,14). The van der Waals surface area contributed by atoms with Gasteiger partial charge in [-0.05, 0) is 19.1 Å². The molecule has 0 bridgehead atoms. The zero-order chi connectivity index (χ0) is 12.3. The third-order valence-corrected chi connectivity index (χ3v) is 2.37. The van der Waals surface area contributed by atoms with E-state index < -0.39 is 0 Å². The Hall–Kier alpha value is -1.95. The number of thiocarbonyl (C=S) groups is 1. The summed E-state index contributed by atoms with van der Waals surface area (Å²) >= 11 is 4.86. The van der Waals surface area contributed by atoms with Crippen molar-refractivity contribution in [1.82, 2.24) is 10.1 Å². The second-order valence-corrected chi connectivity index (χ2v) is 4.02. The van der Waals surface area contributed by atoms with Crippen LogP contribution in [0.1, 0.15) is 17.1 Å². The summed E-state index contributed by atoms with van der Waals surface area (Å²) in [5, 5.41) is 7.08. The van der Waals surface area contributed by atoms with Gasteiger partial charge in [-0.25, -0.2) is 0 Å². The predicted octanol–water partition coefficient (Wildman–Crippen LogP) is 1.62. The van der Waals surface area contributed by atoms with Gasteiger partial charge in [0.15, 0.2) is 0 Å². The fourth-order valence-corrected chi connectivity index (χ4v) is 1.48. The van der Waals surface area contributed by atoms with Crippen molar-refractivity contribution in [2.45, 2.75) is 13.5 Å². The number of hydrogen-bond donors (Lipinski definition) is 2. The van der Waals surface area contributed by atoms with Crippen LogP contribution in [0, 0.1) is 6.92 Å². The largest absolute Gasteiger partial charge is 0.388 e. The number of aryl methyl sites for hydroxylation is 1. The van der Waals surface area contributed by atoms with Crippen LogP contribution < -0.4 is 11.1 Å². The summed E-state index contributed by atoms with van der Waals surface area (Å²) in [5.74, 6) is 0.792. The van der Waals surface area contributed by atoms with Crippen LogP contribution in [0.4, 0.5) is 5.69 Å². The van der Waals surface area contributed by atoms with Gasteiger partial charge in [-0.1, -0.05) is 17.4 Å². The van der Waals surface area contributed by atoms with Gasteiger partial charge < -0.3 is 15.6 Å². The van der Waals surface area contributed by atoms with Crippen LogP contribution in [0.15, 0.2) is 28.9 Å². The molecule has 6 heteroatoms. The third-order valence-electron chi connectivity index (χ3n) is 2.16. The molecule has 0 aromatic carbocycles. The second-order valence-electron chi connectivity index (χ2n) is 3.58. The van der Waals surface area contributed by atoms with Crippen molar-refractivity contribution in [3.63, 3.8) is 0 Å². The Labute approximate surface area is 104 Å². The van der Waals surface area contributed by atoms with Crippen molar-refractivity contribution < 1.29 is 4.52 Å². The van der Waals surface area contributed by atoms with E-state index in [0.29, 0.717) is 12.2 Å². The molecule has 0 unspecified atom stereocenters. The Morgan fingerprint density at radius 3 is 3.00 bits per heavy atom. The van der Waals surface area contributed by atoms with Crippen molar-refractivity contribution in [2.75, 3.05) is 5.32 Å². The Balaban J connectivity index is 2.04. The van der Waals surface area contributed by atoms with Gasteiger partial charge in [0.1, 0.15) is 16.4 Å². The molecule has 0 atom stereocenters. The molecule has 0 saturated heterocycles. The smallest absolute Gasteiger partial charge is 0.133 e. The number of rotatable bonds is 4. The molecule has 88 valence electrons. The minimum absolute atomic E-state index is 0.283. The lowest BCUT2D eigenvalue weighted by atomic mass is 10.3. The van der Waals surface area contributed by atoms with Crippen molar-refractivity contribution in [3.05, 3.63) is 41.5 Å². The Kier molecular flexibility index (Phi) is 3.34. The second kappa shape index (κ2) is 4.92. The number of nitrogens with one attached hydrogen (secondary N) is 1. The van der Waals surface area contributed by atoms with Crippen LogP contribution in [0.25, 0.3) is 0 Å². The summed E-state index contributed by atoms with van der Waals surface area (Å²) < 4.78 is 4.97. The highest BCUT2D eigenvalue weighted by Crippen LogP contribution is 2.10. The normalized spacial score (nSPS) is 10.2. The summed E-state index contributed by atoms with van der Waals surface area (Å²) in [6, 6.07) is 5.52. The molecule has 0 aliphatic carbocycles. The molecule has 0 saturated carbocycles. The fourth-order valence-electron chi connectivity index (χ4n) is 1.37. The van der Waals surface area contributed by atoms with Gasteiger partial charge in [0.2, 0.25) is 0 Å². The average molecular weight is 248 g/mol. The lowest BCUT2D eigenvalue weighted by molar-refractivity contribution is 0.391. The highest BCUT2D eigenvalue weighted by atomic mass is 32.1. The molecule has 0 aliphatic rings. The van der Waals surface area contributed by atoms with E-state index in [2.05, 4.69) is 15.5 Å². The van der Waals surface area contributed by atoms with Crippen LogP contribution in [0.3, 0.4) is 0 Å². The van der Waals surface area contributed by atoms with Crippen molar-refractivity contribution in [2.24, 2.45) is 5.73 Å². The first-order chi connectivity index (χ1) is 8.15. The molecule has 17 heavy (non-hydrogen) atoms. The summed E-state index contributed by atoms with van der Waals surface area (Å²) in [6.07, 6.45) is 1.66. The lowest BCUT2D eigenvalue weighted by Gasteiger charge is -2.05. The van der Waals surface area contributed by atoms with E-state index in [1.807, 2.05) is 19.1 Å². The average Bonchev–Trinajstić information content (AvgIpc) is 2.73. The first-order valence-corrected chi connectivity index (χ1v) is 5.48. The van der Waals surface area contributed by atoms with Gasteiger partial charge in [-0.3, -0.25) is 4.98 Å². The first-order valence-electron chi connectivity index (χ1n) is 5.07. The van der Waals surface area contributed by atoms with E-state index >= 15 is 0 Å². The molecule has 3 N–H and O–H groups in total.